The van der Waals surface area contributed by atoms with Crippen molar-refractivity contribution in [2.75, 3.05) is 5.33 Å². The van der Waals surface area contributed by atoms with Gasteiger partial charge in [0.25, 0.3) is 5.91 Å². The zero-order valence-corrected chi connectivity index (χ0v) is 12.2. The Morgan fingerprint density at radius 3 is 2.71 bits per heavy atom. The average molecular weight is 318 g/mol. The number of amides is 1. The molecule has 0 saturated heterocycles. The van der Waals surface area contributed by atoms with Gasteiger partial charge in [0.1, 0.15) is 4.88 Å². The van der Waals surface area contributed by atoms with Crippen LogP contribution in [0.1, 0.15) is 47.5 Å². The van der Waals surface area contributed by atoms with E-state index in [0.29, 0.717) is 10.6 Å². The Balaban J connectivity index is 2.08. The van der Waals surface area contributed by atoms with Crippen molar-refractivity contribution in [3.8, 4) is 0 Å². The van der Waals surface area contributed by atoms with Gasteiger partial charge in [-0.25, -0.2) is 0 Å². The van der Waals surface area contributed by atoms with Crippen LogP contribution in [-0.4, -0.2) is 26.4 Å². The lowest BCUT2D eigenvalue weighted by molar-refractivity contribution is 0.0890. The number of hydrogen-bond acceptors (Lipinski definition) is 4. The van der Waals surface area contributed by atoms with Crippen LogP contribution in [0.5, 0.6) is 0 Å². The summed E-state index contributed by atoms with van der Waals surface area (Å²) in [5, 5.41) is 7.86. The molecule has 2 rings (SSSR count). The fraction of sp³-hybridized carbons (Fsp3) is 0.727. The van der Waals surface area contributed by atoms with Gasteiger partial charge in [-0.3, -0.25) is 4.79 Å². The van der Waals surface area contributed by atoms with E-state index in [1.54, 1.807) is 0 Å². The predicted octanol–water partition coefficient (Wildman–Crippen LogP) is 2.67. The standard InChI is InChI=1S/C11H16BrN3OS/c1-8-9(17-15-14-8)10(16)13-11(7-12)5-3-2-4-6-11/h2-7H2,1H3,(H,13,16). The summed E-state index contributed by atoms with van der Waals surface area (Å²) in [4.78, 5) is 12.8. The number of carbonyl (C=O) groups is 1. The second-order valence-corrected chi connectivity index (χ2v) is 5.93. The van der Waals surface area contributed by atoms with Gasteiger partial charge in [0.05, 0.1) is 11.2 Å². The fourth-order valence-electron chi connectivity index (χ4n) is 2.26. The number of carbonyl (C=O) groups excluding carboxylic acids is 1. The van der Waals surface area contributed by atoms with Crippen LogP contribution in [0.25, 0.3) is 0 Å². The molecule has 0 spiro atoms. The third-order valence-corrected chi connectivity index (χ3v) is 5.20. The molecule has 0 aromatic carbocycles. The van der Waals surface area contributed by atoms with Gasteiger partial charge in [0.15, 0.2) is 0 Å². The van der Waals surface area contributed by atoms with Gasteiger partial charge in [0.2, 0.25) is 0 Å². The normalized spacial score (nSPS) is 18.9. The Bertz CT molecular complexity index is 401. The molecule has 1 N–H and O–H groups in total. The van der Waals surface area contributed by atoms with E-state index >= 15 is 0 Å². The molecule has 1 aliphatic carbocycles. The van der Waals surface area contributed by atoms with E-state index in [0.717, 1.165) is 18.2 Å². The van der Waals surface area contributed by atoms with Crippen LogP contribution < -0.4 is 5.32 Å². The number of aryl methyl sites for hydroxylation is 1. The van der Waals surface area contributed by atoms with Crippen LogP contribution in [0.4, 0.5) is 0 Å². The first-order valence-corrected chi connectivity index (χ1v) is 7.74. The van der Waals surface area contributed by atoms with Crippen LogP contribution in [0, 0.1) is 6.92 Å². The second-order valence-electron chi connectivity index (χ2n) is 4.62. The number of rotatable bonds is 3. The lowest BCUT2D eigenvalue weighted by atomic mass is 9.83. The zero-order chi connectivity index (χ0) is 12.3. The molecule has 0 radical (unpaired) electrons. The molecule has 0 aliphatic heterocycles. The Morgan fingerprint density at radius 2 is 2.18 bits per heavy atom. The number of nitrogens with zero attached hydrogens (tertiary/aromatic N) is 2. The van der Waals surface area contributed by atoms with Crippen molar-refractivity contribution >= 4 is 33.4 Å². The summed E-state index contributed by atoms with van der Waals surface area (Å²) in [5.41, 5.74) is 0.638. The molecular weight excluding hydrogens is 302 g/mol. The largest absolute Gasteiger partial charge is 0.345 e. The van der Waals surface area contributed by atoms with Gasteiger partial charge in [-0.1, -0.05) is 39.7 Å². The van der Waals surface area contributed by atoms with E-state index in [-0.39, 0.29) is 11.4 Å². The summed E-state index contributed by atoms with van der Waals surface area (Å²) in [5.74, 6) is -0.0288. The minimum absolute atomic E-state index is 0.0288. The van der Waals surface area contributed by atoms with Gasteiger partial charge in [-0.2, -0.15) is 0 Å². The van der Waals surface area contributed by atoms with Crippen LogP contribution in [-0.2, 0) is 0 Å². The molecule has 1 amide bonds. The summed E-state index contributed by atoms with van der Waals surface area (Å²) < 4.78 is 3.80. The minimum atomic E-state index is -0.0776. The van der Waals surface area contributed by atoms with Crippen molar-refractivity contribution in [2.24, 2.45) is 0 Å². The summed E-state index contributed by atoms with van der Waals surface area (Å²) in [6.45, 7) is 1.82. The Kier molecular flexibility index (Phi) is 4.14. The summed E-state index contributed by atoms with van der Waals surface area (Å²) in [7, 11) is 0. The first-order chi connectivity index (χ1) is 8.17. The van der Waals surface area contributed by atoms with E-state index in [4.69, 9.17) is 0 Å². The first kappa shape index (κ1) is 13.0. The van der Waals surface area contributed by atoms with Gasteiger partial charge in [-0.05, 0) is 31.3 Å². The van der Waals surface area contributed by atoms with Gasteiger partial charge in [0, 0.05) is 5.33 Å². The van der Waals surface area contributed by atoms with E-state index in [1.165, 1.54) is 30.8 Å². The van der Waals surface area contributed by atoms with Crippen molar-refractivity contribution < 1.29 is 4.79 Å². The lowest BCUT2D eigenvalue weighted by Crippen LogP contribution is -2.51. The quantitative estimate of drug-likeness (QED) is 0.872. The van der Waals surface area contributed by atoms with E-state index in [2.05, 4.69) is 30.8 Å². The maximum atomic E-state index is 12.2. The van der Waals surface area contributed by atoms with Crippen LogP contribution >= 0.6 is 27.5 Å². The molecule has 0 unspecified atom stereocenters. The molecule has 1 saturated carbocycles. The molecule has 1 heterocycles. The number of hydrogen-bond donors (Lipinski definition) is 1. The highest BCUT2D eigenvalue weighted by atomic mass is 79.9. The maximum absolute atomic E-state index is 12.2. The lowest BCUT2D eigenvalue weighted by Gasteiger charge is -2.36. The molecule has 94 valence electrons. The molecule has 17 heavy (non-hydrogen) atoms. The Hall–Kier alpha value is -0.490. The van der Waals surface area contributed by atoms with Crippen LogP contribution in [0.2, 0.25) is 0 Å². The molecule has 1 aliphatic rings. The van der Waals surface area contributed by atoms with E-state index < -0.39 is 0 Å². The number of halogens is 1. The van der Waals surface area contributed by atoms with Gasteiger partial charge in [-0.15, -0.1) is 5.10 Å². The second kappa shape index (κ2) is 5.44. The van der Waals surface area contributed by atoms with Gasteiger partial charge < -0.3 is 5.32 Å². The van der Waals surface area contributed by atoms with E-state index in [1.807, 2.05) is 6.92 Å². The molecule has 6 heteroatoms. The van der Waals surface area contributed by atoms with Crippen molar-refractivity contribution in [1.29, 1.82) is 0 Å². The van der Waals surface area contributed by atoms with Crippen molar-refractivity contribution in [3.05, 3.63) is 10.6 Å². The topological polar surface area (TPSA) is 54.9 Å². The van der Waals surface area contributed by atoms with Crippen molar-refractivity contribution in [1.82, 2.24) is 14.9 Å². The summed E-state index contributed by atoms with van der Waals surface area (Å²) in [6, 6.07) is 0. The monoisotopic (exact) mass is 317 g/mol. The van der Waals surface area contributed by atoms with Gasteiger partial charge >= 0.3 is 0 Å². The highest BCUT2D eigenvalue weighted by Crippen LogP contribution is 2.30. The molecule has 4 nitrogen and oxygen atoms in total. The molecular formula is C11H16BrN3OS. The maximum Gasteiger partial charge on any atom is 0.265 e. The zero-order valence-electron chi connectivity index (χ0n) is 9.83. The predicted molar refractivity (Wildman–Crippen MR) is 71.7 cm³/mol. The minimum Gasteiger partial charge on any atom is -0.345 e. The van der Waals surface area contributed by atoms with Crippen molar-refractivity contribution in [2.45, 2.75) is 44.6 Å². The Morgan fingerprint density at radius 1 is 1.47 bits per heavy atom. The molecule has 1 aromatic heterocycles. The van der Waals surface area contributed by atoms with Crippen LogP contribution in [0.15, 0.2) is 0 Å². The highest BCUT2D eigenvalue weighted by molar-refractivity contribution is 9.09. The third kappa shape index (κ3) is 2.85. The summed E-state index contributed by atoms with van der Waals surface area (Å²) >= 11 is 4.70. The third-order valence-electron chi connectivity index (χ3n) is 3.30. The molecule has 1 aromatic rings. The Labute approximate surface area is 113 Å². The highest BCUT2D eigenvalue weighted by Gasteiger charge is 2.33. The molecule has 0 bridgehead atoms. The number of aromatic nitrogens is 2. The van der Waals surface area contributed by atoms with Crippen LogP contribution in [0.3, 0.4) is 0 Å². The average Bonchev–Trinajstić information content (AvgIpc) is 2.77. The fourth-order valence-corrected chi connectivity index (χ4v) is 3.51. The number of nitrogens with one attached hydrogen (secondary N) is 1. The van der Waals surface area contributed by atoms with Crippen molar-refractivity contribution in [3.63, 3.8) is 0 Å². The number of alkyl halides is 1. The summed E-state index contributed by atoms with van der Waals surface area (Å²) in [6.07, 6.45) is 5.74. The van der Waals surface area contributed by atoms with E-state index in [9.17, 15) is 4.79 Å². The first-order valence-electron chi connectivity index (χ1n) is 5.84. The molecule has 1 fully saturated rings. The molecule has 0 atom stereocenters. The SMILES string of the molecule is Cc1nnsc1C(=O)NC1(CBr)CCCCC1. The smallest absolute Gasteiger partial charge is 0.265 e.